The highest BCUT2D eigenvalue weighted by Gasteiger charge is 2.13. The molecule has 0 bridgehead atoms. The van der Waals surface area contributed by atoms with E-state index in [1.54, 1.807) is 0 Å². The highest BCUT2D eigenvalue weighted by molar-refractivity contribution is 5.97. The van der Waals surface area contributed by atoms with Crippen LogP contribution in [0.3, 0.4) is 0 Å². The molecular weight excluding hydrogens is 290 g/mol. The smallest absolute Gasteiger partial charge is 0.243 e. The van der Waals surface area contributed by atoms with Crippen LogP contribution in [0.25, 0.3) is 16.6 Å². The molecule has 3 aromatic rings. The summed E-state index contributed by atoms with van der Waals surface area (Å²) in [6, 6.07) is 15.0. The maximum absolute atomic E-state index is 11.8. The van der Waals surface area contributed by atoms with Crippen molar-refractivity contribution in [2.24, 2.45) is 5.73 Å². The number of hydrogen-bond donors (Lipinski definition) is 3. The van der Waals surface area contributed by atoms with Crippen molar-refractivity contribution < 1.29 is 9.90 Å². The van der Waals surface area contributed by atoms with Crippen LogP contribution in [0.5, 0.6) is 0 Å². The second-order valence-corrected chi connectivity index (χ2v) is 5.58. The molecule has 0 radical (unpaired) electrons. The fourth-order valence-electron chi connectivity index (χ4n) is 2.53. The molecule has 3 rings (SSSR count). The van der Waals surface area contributed by atoms with Crippen molar-refractivity contribution in [3.05, 3.63) is 60.3 Å². The lowest BCUT2D eigenvalue weighted by molar-refractivity contribution is -0.118. The molecule has 1 unspecified atom stereocenters. The normalized spacial score (nSPS) is 12.3. The van der Waals surface area contributed by atoms with E-state index >= 15 is 0 Å². The highest BCUT2D eigenvalue weighted by atomic mass is 16.3. The van der Waals surface area contributed by atoms with Gasteiger partial charge in [-0.15, -0.1) is 0 Å². The van der Waals surface area contributed by atoms with Crippen molar-refractivity contribution in [1.82, 2.24) is 4.57 Å². The van der Waals surface area contributed by atoms with Crippen molar-refractivity contribution in [3.63, 3.8) is 0 Å². The van der Waals surface area contributed by atoms with Gasteiger partial charge in [0.2, 0.25) is 5.91 Å². The predicted octanol–water partition coefficient (Wildman–Crippen LogP) is 2.20. The SMILES string of the molecule is Cc1cccc(-n2ccc3ccc(NC(=O)C(N)CO)cc32)c1. The van der Waals surface area contributed by atoms with Crippen molar-refractivity contribution >= 4 is 22.5 Å². The Morgan fingerprint density at radius 3 is 2.83 bits per heavy atom. The zero-order valence-electron chi connectivity index (χ0n) is 12.9. The molecule has 1 aromatic heterocycles. The first kappa shape index (κ1) is 15.3. The molecule has 118 valence electrons. The number of benzene rings is 2. The molecule has 5 heteroatoms. The summed E-state index contributed by atoms with van der Waals surface area (Å²) in [5.41, 5.74) is 9.42. The van der Waals surface area contributed by atoms with Gasteiger partial charge in [-0.2, -0.15) is 0 Å². The Morgan fingerprint density at radius 2 is 2.09 bits per heavy atom. The zero-order chi connectivity index (χ0) is 16.4. The number of carbonyl (C=O) groups excluding carboxylic acids is 1. The number of nitrogens with one attached hydrogen (secondary N) is 1. The maximum Gasteiger partial charge on any atom is 0.243 e. The number of nitrogens with two attached hydrogens (primary N) is 1. The largest absolute Gasteiger partial charge is 0.394 e. The highest BCUT2D eigenvalue weighted by Crippen LogP contribution is 2.24. The molecular formula is C18H19N3O2. The van der Waals surface area contributed by atoms with Crippen LogP contribution < -0.4 is 11.1 Å². The Balaban J connectivity index is 1.99. The Morgan fingerprint density at radius 1 is 1.26 bits per heavy atom. The van der Waals surface area contributed by atoms with Gasteiger partial charge in [-0.25, -0.2) is 0 Å². The Bertz CT molecular complexity index is 854. The fourth-order valence-corrected chi connectivity index (χ4v) is 2.53. The lowest BCUT2D eigenvalue weighted by Crippen LogP contribution is -2.38. The fraction of sp³-hybridized carbons (Fsp3) is 0.167. The molecule has 1 atom stereocenters. The summed E-state index contributed by atoms with van der Waals surface area (Å²) in [5, 5.41) is 12.8. The number of aryl methyl sites for hydroxylation is 1. The van der Waals surface area contributed by atoms with Crippen LogP contribution in [0.2, 0.25) is 0 Å². The summed E-state index contributed by atoms with van der Waals surface area (Å²) in [6.45, 7) is 1.67. The third-order valence-corrected chi connectivity index (χ3v) is 3.77. The molecule has 1 amide bonds. The summed E-state index contributed by atoms with van der Waals surface area (Å²) < 4.78 is 2.07. The Kier molecular flexibility index (Phi) is 4.14. The van der Waals surface area contributed by atoms with Gasteiger partial charge >= 0.3 is 0 Å². The second-order valence-electron chi connectivity index (χ2n) is 5.58. The minimum absolute atomic E-state index is 0.381. The van der Waals surface area contributed by atoms with Gasteiger partial charge in [-0.1, -0.05) is 18.2 Å². The van der Waals surface area contributed by atoms with E-state index in [0.29, 0.717) is 5.69 Å². The third kappa shape index (κ3) is 3.11. The van der Waals surface area contributed by atoms with Crippen molar-refractivity contribution in [3.8, 4) is 5.69 Å². The van der Waals surface area contributed by atoms with Gasteiger partial charge in [-0.3, -0.25) is 4.79 Å². The van der Waals surface area contributed by atoms with Crippen LogP contribution in [0, 0.1) is 6.92 Å². The monoisotopic (exact) mass is 309 g/mol. The quantitative estimate of drug-likeness (QED) is 0.691. The number of anilines is 1. The molecule has 0 aliphatic rings. The standard InChI is InChI=1S/C18H19N3O2/c1-12-3-2-4-15(9-12)21-8-7-13-5-6-14(10-17(13)21)20-18(23)16(19)11-22/h2-10,16,22H,11,19H2,1H3,(H,20,23). The number of nitrogens with zero attached hydrogens (tertiary/aromatic N) is 1. The van der Waals surface area contributed by atoms with Gasteiger partial charge in [0.1, 0.15) is 6.04 Å². The summed E-state index contributed by atoms with van der Waals surface area (Å²) >= 11 is 0. The van der Waals surface area contributed by atoms with Crippen LogP contribution in [0.4, 0.5) is 5.69 Å². The number of fused-ring (bicyclic) bond motifs is 1. The molecule has 23 heavy (non-hydrogen) atoms. The van der Waals surface area contributed by atoms with Crippen LogP contribution in [0.15, 0.2) is 54.7 Å². The Labute approximate surface area is 134 Å². The topological polar surface area (TPSA) is 80.3 Å². The number of aliphatic hydroxyl groups is 1. The van der Waals surface area contributed by atoms with Crippen molar-refractivity contribution in [1.29, 1.82) is 0 Å². The van der Waals surface area contributed by atoms with E-state index in [1.807, 2.05) is 42.6 Å². The average Bonchev–Trinajstić information content (AvgIpc) is 2.97. The average molecular weight is 309 g/mol. The van der Waals surface area contributed by atoms with E-state index in [1.165, 1.54) is 5.56 Å². The van der Waals surface area contributed by atoms with E-state index in [0.717, 1.165) is 16.6 Å². The molecule has 0 saturated carbocycles. The van der Waals surface area contributed by atoms with Gasteiger partial charge < -0.3 is 20.7 Å². The van der Waals surface area contributed by atoms with Crippen LogP contribution in [0.1, 0.15) is 5.56 Å². The predicted molar refractivity (Wildman–Crippen MR) is 91.7 cm³/mol. The first-order chi connectivity index (χ1) is 11.1. The molecule has 1 heterocycles. The maximum atomic E-state index is 11.8. The number of carbonyl (C=O) groups is 1. The minimum Gasteiger partial charge on any atom is -0.394 e. The first-order valence-corrected chi connectivity index (χ1v) is 7.44. The summed E-state index contributed by atoms with van der Waals surface area (Å²) in [7, 11) is 0. The molecule has 0 fully saturated rings. The summed E-state index contributed by atoms with van der Waals surface area (Å²) in [4.78, 5) is 11.8. The van der Waals surface area contributed by atoms with Gasteiger partial charge in [0.15, 0.2) is 0 Å². The van der Waals surface area contributed by atoms with E-state index in [2.05, 4.69) is 28.9 Å². The van der Waals surface area contributed by atoms with Crippen LogP contribution in [-0.4, -0.2) is 28.2 Å². The number of rotatable bonds is 4. The second kappa shape index (κ2) is 6.24. The van der Waals surface area contributed by atoms with E-state index in [9.17, 15) is 4.79 Å². The Hall–Kier alpha value is -2.63. The number of aromatic nitrogens is 1. The van der Waals surface area contributed by atoms with Gasteiger partial charge in [0.25, 0.3) is 0 Å². The lowest BCUT2D eigenvalue weighted by atomic mass is 10.2. The molecule has 2 aromatic carbocycles. The number of amides is 1. The summed E-state index contributed by atoms with van der Waals surface area (Å²) in [5.74, 6) is -0.402. The van der Waals surface area contributed by atoms with E-state index in [4.69, 9.17) is 10.8 Å². The first-order valence-electron chi connectivity index (χ1n) is 7.44. The molecule has 5 nitrogen and oxygen atoms in total. The van der Waals surface area contributed by atoms with Gasteiger partial charge in [-0.05, 0) is 42.8 Å². The molecule has 0 spiro atoms. The third-order valence-electron chi connectivity index (χ3n) is 3.77. The molecule has 0 aliphatic carbocycles. The zero-order valence-corrected chi connectivity index (χ0v) is 12.9. The lowest BCUT2D eigenvalue weighted by Gasteiger charge is -2.11. The number of hydrogen-bond acceptors (Lipinski definition) is 3. The van der Waals surface area contributed by atoms with Crippen molar-refractivity contribution in [2.45, 2.75) is 13.0 Å². The van der Waals surface area contributed by atoms with E-state index in [-0.39, 0.29) is 6.61 Å². The minimum atomic E-state index is -0.922. The van der Waals surface area contributed by atoms with Gasteiger partial charge in [0, 0.05) is 23.0 Å². The molecule has 4 N–H and O–H groups in total. The van der Waals surface area contributed by atoms with E-state index < -0.39 is 11.9 Å². The van der Waals surface area contributed by atoms with Crippen molar-refractivity contribution in [2.75, 3.05) is 11.9 Å². The van der Waals surface area contributed by atoms with Gasteiger partial charge in [0.05, 0.1) is 12.1 Å². The molecule has 0 saturated heterocycles. The number of aliphatic hydroxyl groups excluding tert-OH is 1. The van der Waals surface area contributed by atoms with Crippen LogP contribution >= 0.6 is 0 Å². The summed E-state index contributed by atoms with van der Waals surface area (Å²) in [6.07, 6.45) is 2.00. The molecule has 0 aliphatic heterocycles. The van der Waals surface area contributed by atoms with Crippen LogP contribution in [-0.2, 0) is 4.79 Å².